The first-order chi connectivity index (χ1) is 8.01. The summed E-state index contributed by atoms with van der Waals surface area (Å²) in [5, 5.41) is 37.5. The van der Waals surface area contributed by atoms with Crippen molar-refractivity contribution in [3.8, 4) is 0 Å². The largest absolute Gasteiger partial charge is 2.00 e. The van der Waals surface area contributed by atoms with Gasteiger partial charge in [0.25, 0.3) is 0 Å². The van der Waals surface area contributed by atoms with Gasteiger partial charge in [0.05, 0.1) is 11.9 Å². The number of carbonyl (C=O) groups excluding carboxylic acids is 2. The van der Waals surface area contributed by atoms with Crippen LogP contribution in [0.1, 0.15) is 39.5 Å². The van der Waals surface area contributed by atoms with Gasteiger partial charge in [0.2, 0.25) is 0 Å². The van der Waals surface area contributed by atoms with Crippen molar-refractivity contribution in [3.05, 3.63) is 0 Å². The predicted octanol–water partition coefficient (Wildman–Crippen LogP) is -2.07. The molecule has 9 heteroatoms. The third kappa shape index (κ3) is 12.3. The van der Waals surface area contributed by atoms with Crippen LogP contribution in [0.3, 0.4) is 0 Å². The Balaban J connectivity index is -0.000000256. The number of carboxylic acid groups (broad SMARTS) is 2. The molecule has 0 aromatic heterocycles. The summed E-state index contributed by atoms with van der Waals surface area (Å²) in [7, 11) is 0. The van der Waals surface area contributed by atoms with Crippen molar-refractivity contribution in [3.63, 3.8) is 0 Å². The van der Waals surface area contributed by atoms with Crippen LogP contribution in [0.5, 0.6) is 0 Å². The Morgan fingerprint density at radius 1 is 0.947 bits per heavy atom. The SMILES string of the molecule is CCCC(O)(S)C(=O)[O-].CCCC(O)(S)C(=O)[O-].[Ca+2]. The molecule has 0 heterocycles. The molecular formula is C10H18CaO6S2. The molecule has 0 aliphatic carbocycles. The number of hydrogen-bond donors (Lipinski definition) is 4. The molecule has 19 heavy (non-hydrogen) atoms. The van der Waals surface area contributed by atoms with Gasteiger partial charge in [-0.05, 0) is 12.8 Å². The van der Waals surface area contributed by atoms with Gasteiger partial charge in [0.1, 0.15) is 9.87 Å². The van der Waals surface area contributed by atoms with Crippen molar-refractivity contribution < 1.29 is 30.0 Å². The van der Waals surface area contributed by atoms with Crippen molar-refractivity contribution in [2.75, 3.05) is 0 Å². The number of carboxylic acids is 2. The topological polar surface area (TPSA) is 121 Å². The van der Waals surface area contributed by atoms with Crippen LogP contribution < -0.4 is 10.2 Å². The Morgan fingerprint density at radius 2 is 1.16 bits per heavy atom. The van der Waals surface area contributed by atoms with Gasteiger partial charge in [-0.1, -0.05) is 26.7 Å². The second kappa shape index (κ2) is 11.5. The number of aliphatic hydroxyl groups is 2. The minimum Gasteiger partial charge on any atom is -0.546 e. The van der Waals surface area contributed by atoms with Crippen LogP contribution in [0.2, 0.25) is 0 Å². The molecule has 108 valence electrons. The fraction of sp³-hybridized carbons (Fsp3) is 0.800. The summed E-state index contributed by atoms with van der Waals surface area (Å²) in [5.74, 6) is -3.07. The van der Waals surface area contributed by atoms with E-state index in [1.165, 1.54) is 0 Å². The second-order valence-electron chi connectivity index (χ2n) is 3.71. The molecule has 0 bridgehead atoms. The molecular weight excluding hydrogens is 320 g/mol. The molecule has 0 amide bonds. The first-order valence-corrected chi connectivity index (χ1v) is 6.23. The zero-order valence-corrected chi connectivity index (χ0v) is 15.0. The molecule has 0 rings (SSSR count). The molecule has 2 unspecified atom stereocenters. The van der Waals surface area contributed by atoms with Crippen LogP contribution in [0.15, 0.2) is 0 Å². The Bertz CT molecular complexity index is 255. The number of carbonyl (C=O) groups is 2. The van der Waals surface area contributed by atoms with Crippen LogP contribution in [-0.4, -0.2) is 69.8 Å². The van der Waals surface area contributed by atoms with E-state index in [1.807, 2.05) is 0 Å². The van der Waals surface area contributed by atoms with Gasteiger partial charge in [0.15, 0.2) is 0 Å². The summed E-state index contributed by atoms with van der Waals surface area (Å²) >= 11 is 6.91. The third-order valence-corrected chi connectivity index (χ3v) is 2.66. The minimum atomic E-state index is -1.95. The summed E-state index contributed by atoms with van der Waals surface area (Å²) in [6.45, 7) is 3.51. The summed E-state index contributed by atoms with van der Waals surface area (Å²) in [5.41, 5.74) is 0. The Morgan fingerprint density at radius 3 is 1.21 bits per heavy atom. The first kappa shape index (κ1) is 24.8. The standard InChI is InChI=1S/2C5H10O3S.Ca/c2*1-2-3-5(8,9)4(6)7;/h2*8-9H,2-3H2,1H3,(H,6,7);/q;;+2/p-2. The normalized spacial score (nSPS) is 15.9. The van der Waals surface area contributed by atoms with E-state index < -0.39 is 21.8 Å². The number of rotatable bonds is 6. The molecule has 0 aliphatic rings. The van der Waals surface area contributed by atoms with Crippen molar-refractivity contribution in [2.24, 2.45) is 0 Å². The Kier molecular flexibility index (Phi) is 15.0. The number of hydrogen-bond acceptors (Lipinski definition) is 8. The van der Waals surface area contributed by atoms with E-state index in [0.717, 1.165) is 0 Å². The smallest absolute Gasteiger partial charge is 0.546 e. The Labute approximate surface area is 153 Å². The molecule has 0 aromatic carbocycles. The molecule has 0 saturated heterocycles. The molecule has 0 aromatic rings. The summed E-state index contributed by atoms with van der Waals surface area (Å²) in [6, 6.07) is 0. The summed E-state index contributed by atoms with van der Waals surface area (Å²) < 4.78 is 0. The maximum absolute atomic E-state index is 9.97. The zero-order chi connectivity index (χ0) is 15.0. The first-order valence-electron chi connectivity index (χ1n) is 5.33. The second-order valence-corrected chi connectivity index (χ2v) is 5.19. The van der Waals surface area contributed by atoms with E-state index in [4.69, 9.17) is 10.2 Å². The van der Waals surface area contributed by atoms with Gasteiger partial charge in [-0.15, -0.1) is 25.3 Å². The zero-order valence-electron chi connectivity index (χ0n) is 11.0. The average Bonchev–Trinajstić information content (AvgIpc) is 2.17. The fourth-order valence-electron chi connectivity index (χ4n) is 0.901. The van der Waals surface area contributed by atoms with Crippen LogP contribution in [-0.2, 0) is 9.59 Å². The molecule has 0 radical (unpaired) electrons. The summed E-state index contributed by atoms with van der Waals surface area (Å²) in [4.78, 5) is 16.0. The quantitative estimate of drug-likeness (QED) is 0.251. The molecule has 0 fully saturated rings. The third-order valence-electron chi connectivity index (χ3n) is 1.85. The molecule has 2 atom stereocenters. The number of aliphatic carboxylic acids is 2. The van der Waals surface area contributed by atoms with Gasteiger partial charge in [-0.2, -0.15) is 0 Å². The van der Waals surface area contributed by atoms with Crippen molar-refractivity contribution >= 4 is 74.9 Å². The van der Waals surface area contributed by atoms with E-state index in [9.17, 15) is 19.8 Å². The van der Waals surface area contributed by atoms with E-state index in [-0.39, 0.29) is 50.6 Å². The van der Waals surface area contributed by atoms with Crippen molar-refractivity contribution in [1.82, 2.24) is 0 Å². The maximum atomic E-state index is 9.97. The van der Waals surface area contributed by atoms with Crippen LogP contribution in [0.4, 0.5) is 0 Å². The van der Waals surface area contributed by atoms with E-state index in [1.54, 1.807) is 13.8 Å². The van der Waals surface area contributed by atoms with E-state index >= 15 is 0 Å². The van der Waals surface area contributed by atoms with Crippen molar-refractivity contribution in [1.29, 1.82) is 0 Å². The number of thiol groups is 2. The maximum Gasteiger partial charge on any atom is 2.00 e. The Hall–Kier alpha value is 0.820. The van der Waals surface area contributed by atoms with Gasteiger partial charge in [0, 0.05) is 0 Å². The van der Waals surface area contributed by atoms with Gasteiger partial charge < -0.3 is 30.0 Å². The molecule has 0 saturated carbocycles. The van der Waals surface area contributed by atoms with E-state index in [0.29, 0.717) is 12.8 Å². The monoisotopic (exact) mass is 338 g/mol. The molecule has 2 N–H and O–H groups in total. The van der Waals surface area contributed by atoms with Crippen molar-refractivity contribution in [2.45, 2.75) is 49.4 Å². The van der Waals surface area contributed by atoms with Gasteiger partial charge >= 0.3 is 37.7 Å². The molecule has 0 aliphatic heterocycles. The molecule has 6 nitrogen and oxygen atoms in total. The van der Waals surface area contributed by atoms with Crippen LogP contribution >= 0.6 is 25.3 Å². The van der Waals surface area contributed by atoms with Crippen LogP contribution in [0.25, 0.3) is 0 Å². The minimum absolute atomic E-state index is 0. The summed E-state index contributed by atoms with van der Waals surface area (Å²) in [6.07, 6.45) is 1.35. The average molecular weight is 338 g/mol. The van der Waals surface area contributed by atoms with Gasteiger partial charge in [-0.3, -0.25) is 0 Å². The van der Waals surface area contributed by atoms with Crippen LogP contribution in [0, 0.1) is 0 Å². The fourth-order valence-corrected chi connectivity index (χ4v) is 1.35. The predicted molar refractivity (Wildman–Crippen MR) is 73.5 cm³/mol. The van der Waals surface area contributed by atoms with E-state index in [2.05, 4.69) is 25.3 Å². The van der Waals surface area contributed by atoms with Gasteiger partial charge in [-0.25, -0.2) is 0 Å². The molecule has 0 spiro atoms.